The molecule has 1 aromatic heterocycles. The summed E-state index contributed by atoms with van der Waals surface area (Å²) in [6.45, 7) is 7.37. The fourth-order valence-electron chi connectivity index (χ4n) is 1.28. The zero-order chi connectivity index (χ0) is 12.2. The topological polar surface area (TPSA) is 54.3 Å². The van der Waals surface area contributed by atoms with Crippen LogP contribution in [-0.2, 0) is 6.54 Å². The molecule has 0 spiro atoms. The molecule has 0 amide bonds. The maximum Gasteiger partial charge on any atom is 0.250 e. The van der Waals surface area contributed by atoms with Crippen molar-refractivity contribution in [2.24, 2.45) is 5.41 Å². The summed E-state index contributed by atoms with van der Waals surface area (Å²) in [5, 5.41) is 12.3. The monoisotopic (exact) mass is 224 g/mol. The van der Waals surface area contributed by atoms with Crippen LogP contribution in [0.1, 0.15) is 20.8 Å². The van der Waals surface area contributed by atoms with Crippen LogP contribution < -0.4 is 10.9 Å². The predicted molar refractivity (Wildman–Crippen MR) is 65.7 cm³/mol. The zero-order valence-electron chi connectivity index (χ0n) is 10.2. The molecule has 0 fully saturated rings. The Balaban J connectivity index is 2.72. The van der Waals surface area contributed by atoms with Crippen molar-refractivity contribution in [3.63, 3.8) is 0 Å². The molecule has 0 atom stereocenters. The molecule has 1 heterocycles. The summed E-state index contributed by atoms with van der Waals surface area (Å²) >= 11 is 0. The third-order valence-electron chi connectivity index (χ3n) is 2.52. The molecule has 0 aliphatic rings. The second-order valence-corrected chi connectivity index (χ2v) is 4.72. The molecule has 0 saturated carbocycles. The summed E-state index contributed by atoms with van der Waals surface area (Å²) in [4.78, 5) is 11.4. The normalized spacial score (nSPS) is 11.5. The Morgan fingerprint density at radius 2 is 2.12 bits per heavy atom. The van der Waals surface area contributed by atoms with Gasteiger partial charge in [-0.25, -0.2) is 0 Å². The van der Waals surface area contributed by atoms with E-state index < -0.39 is 0 Å². The van der Waals surface area contributed by atoms with Gasteiger partial charge >= 0.3 is 0 Å². The van der Waals surface area contributed by atoms with Crippen molar-refractivity contribution in [3.8, 4) is 0 Å². The Kier molecular flexibility index (Phi) is 4.12. The number of nitrogens with one attached hydrogen (secondary N) is 1. The molecule has 4 heteroatoms. The van der Waals surface area contributed by atoms with Crippen LogP contribution >= 0.6 is 0 Å². The number of hydrogen-bond acceptors (Lipinski definition) is 3. The third-order valence-corrected chi connectivity index (χ3v) is 2.52. The van der Waals surface area contributed by atoms with Crippen molar-refractivity contribution < 1.29 is 5.11 Å². The molecule has 1 rings (SSSR count). The van der Waals surface area contributed by atoms with Gasteiger partial charge in [-0.1, -0.05) is 13.8 Å². The first-order valence-corrected chi connectivity index (χ1v) is 5.54. The smallest absolute Gasteiger partial charge is 0.250 e. The van der Waals surface area contributed by atoms with Gasteiger partial charge < -0.3 is 15.0 Å². The second-order valence-electron chi connectivity index (χ2n) is 4.72. The quantitative estimate of drug-likeness (QED) is 0.792. The number of anilines is 1. The van der Waals surface area contributed by atoms with Crippen LogP contribution in [0.15, 0.2) is 23.1 Å². The molecule has 0 aliphatic carbocycles. The number of hydrogen-bond donors (Lipinski definition) is 2. The summed E-state index contributed by atoms with van der Waals surface area (Å²) in [6.07, 6.45) is 1.80. The fraction of sp³-hybridized carbons (Fsp3) is 0.583. The van der Waals surface area contributed by atoms with Crippen LogP contribution in [0.4, 0.5) is 5.69 Å². The van der Waals surface area contributed by atoms with Gasteiger partial charge in [0.05, 0.1) is 5.69 Å². The SMILES string of the molecule is CCn1cc(NCC(C)(C)CO)ccc1=O. The Bertz CT molecular complexity index is 396. The maximum atomic E-state index is 11.4. The molecule has 1 aromatic rings. The van der Waals surface area contributed by atoms with E-state index >= 15 is 0 Å². The van der Waals surface area contributed by atoms with E-state index in [0.29, 0.717) is 13.1 Å². The summed E-state index contributed by atoms with van der Waals surface area (Å²) in [5.41, 5.74) is 0.755. The molecule has 2 N–H and O–H groups in total. The number of aliphatic hydroxyl groups is 1. The van der Waals surface area contributed by atoms with E-state index in [2.05, 4.69) is 5.32 Å². The van der Waals surface area contributed by atoms with Crippen LogP contribution in [0.5, 0.6) is 0 Å². The van der Waals surface area contributed by atoms with Crippen LogP contribution in [0, 0.1) is 5.41 Å². The predicted octanol–water partition coefficient (Wildman–Crippen LogP) is 1.30. The standard InChI is InChI=1S/C12H20N2O2/c1-4-14-7-10(5-6-11(14)16)13-8-12(2,3)9-15/h5-7,13,15H,4,8-9H2,1-3H3. The largest absolute Gasteiger partial charge is 0.396 e. The lowest BCUT2D eigenvalue weighted by Crippen LogP contribution is -2.27. The highest BCUT2D eigenvalue weighted by atomic mass is 16.3. The Labute approximate surface area is 95.9 Å². The Morgan fingerprint density at radius 3 is 2.69 bits per heavy atom. The van der Waals surface area contributed by atoms with Crippen molar-refractivity contribution in [1.29, 1.82) is 0 Å². The van der Waals surface area contributed by atoms with Crippen molar-refractivity contribution >= 4 is 5.69 Å². The average Bonchev–Trinajstić information content (AvgIpc) is 2.28. The van der Waals surface area contributed by atoms with E-state index in [-0.39, 0.29) is 17.6 Å². The first kappa shape index (κ1) is 12.8. The van der Waals surface area contributed by atoms with Gasteiger partial charge in [0.1, 0.15) is 0 Å². The highest BCUT2D eigenvalue weighted by molar-refractivity contribution is 5.40. The average molecular weight is 224 g/mol. The van der Waals surface area contributed by atoms with Crippen molar-refractivity contribution in [2.45, 2.75) is 27.3 Å². The van der Waals surface area contributed by atoms with Crippen LogP contribution in [-0.4, -0.2) is 22.8 Å². The molecule has 0 unspecified atom stereocenters. The molecular formula is C12H20N2O2. The van der Waals surface area contributed by atoms with Crippen LogP contribution in [0.2, 0.25) is 0 Å². The first-order chi connectivity index (χ1) is 7.48. The molecule has 0 radical (unpaired) electrons. The van der Waals surface area contributed by atoms with Gasteiger partial charge in [0.15, 0.2) is 0 Å². The van der Waals surface area contributed by atoms with Crippen molar-refractivity contribution in [1.82, 2.24) is 4.57 Å². The van der Waals surface area contributed by atoms with Gasteiger partial charge in [-0.3, -0.25) is 4.79 Å². The van der Waals surface area contributed by atoms with Crippen LogP contribution in [0.25, 0.3) is 0 Å². The van der Waals surface area contributed by atoms with E-state index in [1.165, 1.54) is 0 Å². The number of nitrogens with zero attached hydrogens (tertiary/aromatic N) is 1. The summed E-state index contributed by atoms with van der Waals surface area (Å²) in [7, 11) is 0. The highest BCUT2D eigenvalue weighted by Crippen LogP contribution is 2.14. The molecule has 0 aliphatic heterocycles. The number of rotatable bonds is 5. The van der Waals surface area contributed by atoms with Gasteiger partial charge in [0.25, 0.3) is 5.56 Å². The van der Waals surface area contributed by atoms with Crippen molar-refractivity contribution in [3.05, 3.63) is 28.7 Å². The molecular weight excluding hydrogens is 204 g/mol. The van der Waals surface area contributed by atoms with E-state index in [9.17, 15) is 4.79 Å². The van der Waals surface area contributed by atoms with Gasteiger partial charge in [0, 0.05) is 37.4 Å². The van der Waals surface area contributed by atoms with Gasteiger partial charge in [0.2, 0.25) is 0 Å². The lowest BCUT2D eigenvalue weighted by atomic mass is 9.95. The minimum absolute atomic E-state index is 0.00877. The minimum atomic E-state index is -0.160. The van der Waals surface area contributed by atoms with Crippen LogP contribution in [0.3, 0.4) is 0 Å². The van der Waals surface area contributed by atoms with E-state index in [0.717, 1.165) is 5.69 Å². The van der Waals surface area contributed by atoms with E-state index in [1.54, 1.807) is 22.9 Å². The van der Waals surface area contributed by atoms with E-state index in [1.807, 2.05) is 20.8 Å². The van der Waals surface area contributed by atoms with Gasteiger partial charge in [-0.15, -0.1) is 0 Å². The summed E-state index contributed by atoms with van der Waals surface area (Å²) < 4.78 is 1.65. The highest BCUT2D eigenvalue weighted by Gasteiger charge is 2.15. The Hall–Kier alpha value is -1.29. The molecule has 90 valence electrons. The lowest BCUT2D eigenvalue weighted by Gasteiger charge is -2.22. The number of aryl methyl sites for hydroxylation is 1. The third kappa shape index (κ3) is 3.38. The summed E-state index contributed by atoms with van der Waals surface area (Å²) in [5.74, 6) is 0. The Morgan fingerprint density at radius 1 is 1.44 bits per heavy atom. The first-order valence-electron chi connectivity index (χ1n) is 5.54. The molecule has 16 heavy (non-hydrogen) atoms. The fourth-order valence-corrected chi connectivity index (χ4v) is 1.28. The number of aromatic nitrogens is 1. The molecule has 0 aromatic carbocycles. The minimum Gasteiger partial charge on any atom is -0.396 e. The maximum absolute atomic E-state index is 11.4. The second kappa shape index (κ2) is 5.16. The zero-order valence-corrected chi connectivity index (χ0v) is 10.2. The number of pyridine rings is 1. The molecule has 0 bridgehead atoms. The summed E-state index contributed by atoms with van der Waals surface area (Å²) in [6, 6.07) is 3.32. The molecule has 4 nitrogen and oxygen atoms in total. The van der Waals surface area contributed by atoms with Gasteiger partial charge in [-0.2, -0.15) is 0 Å². The van der Waals surface area contributed by atoms with Gasteiger partial charge in [-0.05, 0) is 13.0 Å². The van der Waals surface area contributed by atoms with E-state index in [4.69, 9.17) is 5.11 Å². The molecule has 0 saturated heterocycles. The van der Waals surface area contributed by atoms with Crippen molar-refractivity contribution in [2.75, 3.05) is 18.5 Å². The lowest BCUT2D eigenvalue weighted by molar-refractivity contribution is 0.171. The number of aliphatic hydroxyl groups excluding tert-OH is 1.